The second-order valence-corrected chi connectivity index (χ2v) is 5.22. The molecule has 2 rings (SSSR count). The summed E-state index contributed by atoms with van der Waals surface area (Å²) in [5, 5.41) is 8.57. The van der Waals surface area contributed by atoms with E-state index >= 15 is 0 Å². The van der Waals surface area contributed by atoms with E-state index in [0.29, 0.717) is 33.7 Å². The van der Waals surface area contributed by atoms with Crippen LogP contribution in [0.15, 0.2) is 36.4 Å². The molecule has 0 heterocycles. The fraction of sp³-hybridized carbons (Fsp3) is 0.133. The molecule has 0 spiro atoms. The maximum atomic E-state index is 7.55. The Morgan fingerprint density at radius 1 is 1.14 bits per heavy atom. The van der Waals surface area contributed by atoms with Crippen molar-refractivity contribution in [2.45, 2.75) is 6.61 Å². The molecule has 0 bridgehead atoms. The van der Waals surface area contributed by atoms with Crippen molar-refractivity contribution >= 4 is 29.0 Å². The first kappa shape index (κ1) is 15.5. The number of hydrogen-bond donors (Lipinski definition) is 2. The van der Waals surface area contributed by atoms with E-state index in [0.717, 1.165) is 5.56 Å². The molecule has 0 saturated heterocycles. The Bertz CT molecular complexity index is 654. The number of halogens is 2. The minimum Gasteiger partial charge on any atom is -0.496 e. The maximum Gasteiger partial charge on any atom is 0.129 e. The van der Waals surface area contributed by atoms with Crippen molar-refractivity contribution in [2.24, 2.45) is 5.73 Å². The quantitative estimate of drug-likeness (QED) is 0.648. The molecule has 0 radical (unpaired) electrons. The van der Waals surface area contributed by atoms with Crippen LogP contribution in [0.5, 0.6) is 11.5 Å². The van der Waals surface area contributed by atoms with Crippen molar-refractivity contribution in [1.29, 1.82) is 5.41 Å². The summed E-state index contributed by atoms with van der Waals surface area (Å²) in [6.07, 6.45) is 0. The zero-order valence-corrected chi connectivity index (χ0v) is 12.8. The molecule has 0 unspecified atom stereocenters. The number of amidine groups is 1. The Morgan fingerprint density at radius 2 is 1.81 bits per heavy atom. The average molecular weight is 325 g/mol. The Morgan fingerprint density at radius 3 is 2.38 bits per heavy atom. The van der Waals surface area contributed by atoms with E-state index in [9.17, 15) is 0 Å². The second kappa shape index (κ2) is 6.70. The minimum absolute atomic E-state index is 0.0560. The highest BCUT2D eigenvalue weighted by Gasteiger charge is 2.08. The summed E-state index contributed by atoms with van der Waals surface area (Å²) in [4.78, 5) is 0. The highest BCUT2D eigenvalue weighted by Crippen LogP contribution is 2.25. The molecule has 3 N–H and O–H groups in total. The van der Waals surface area contributed by atoms with Gasteiger partial charge in [-0.15, -0.1) is 0 Å². The van der Waals surface area contributed by atoms with Gasteiger partial charge in [0.25, 0.3) is 0 Å². The van der Waals surface area contributed by atoms with Gasteiger partial charge in [-0.2, -0.15) is 0 Å². The van der Waals surface area contributed by atoms with Gasteiger partial charge in [-0.3, -0.25) is 5.41 Å². The number of nitrogens with two attached hydrogens (primary N) is 1. The highest BCUT2D eigenvalue weighted by atomic mass is 35.5. The van der Waals surface area contributed by atoms with Gasteiger partial charge in [0.2, 0.25) is 0 Å². The molecule has 21 heavy (non-hydrogen) atoms. The lowest BCUT2D eigenvalue weighted by Crippen LogP contribution is -2.13. The van der Waals surface area contributed by atoms with Crippen LogP contribution in [0.25, 0.3) is 0 Å². The van der Waals surface area contributed by atoms with Crippen molar-refractivity contribution < 1.29 is 9.47 Å². The van der Waals surface area contributed by atoms with E-state index in [2.05, 4.69) is 0 Å². The zero-order chi connectivity index (χ0) is 15.4. The third kappa shape index (κ3) is 4.03. The summed E-state index contributed by atoms with van der Waals surface area (Å²) in [6.45, 7) is 0.306. The smallest absolute Gasteiger partial charge is 0.129 e. The maximum absolute atomic E-state index is 7.55. The van der Waals surface area contributed by atoms with Crippen LogP contribution in [0.4, 0.5) is 0 Å². The summed E-state index contributed by atoms with van der Waals surface area (Å²) >= 11 is 11.8. The minimum atomic E-state index is -0.0560. The van der Waals surface area contributed by atoms with Gasteiger partial charge in [0.15, 0.2) is 0 Å². The molecular formula is C15H14Cl2N2O2. The number of hydrogen-bond acceptors (Lipinski definition) is 3. The summed E-state index contributed by atoms with van der Waals surface area (Å²) in [5.41, 5.74) is 6.92. The molecule has 0 amide bonds. The number of ether oxygens (including phenoxy) is 2. The van der Waals surface area contributed by atoms with Crippen LogP contribution < -0.4 is 15.2 Å². The molecule has 110 valence electrons. The van der Waals surface area contributed by atoms with Crippen molar-refractivity contribution in [3.8, 4) is 11.5 Å². The SMILES string of the molecule is COc1ccc(COc2cc(Cl)cc(Cl)c2)cc1C(=N)N. The van der Waals surface area contributed by atoms with E-state index in [1.807, 2.05) is 6.07 Å². The van der Waals surface area contributed by atoms with E-state index < -0.39 is 0 Å². The van der Waals surface area contributed by atoms with Gasteiger partial charge in [-0.1, -0.05) is 29.3 Å². The van der Waals surface area contributed by atoms with Crippen LogP contribution >= 0.6 is 23.2 Å². The molecular weight excluding hydrogens is 311 g/mol. The molecule has 2 aromatic carbocycles. The van der Waals surface area contributed by atoms with Crippen LogP contribution in [0.1, 0.15) is 11.1 Å². The molecule has 0 aliphatic rings. The first-order valence-corrected chi connectivity index (χ1v) is 6.85. The molecule has 0 aliphatic carbocycles. The first-order valence-electron chi connectivity index (χ1n) is 6.10. The van der Waals surface area contributed by atoms with Gasteiger partial charge >= 0.3 is 0 Å². The summed E-state index contributed by atoms with van der Waals surface area (Å²) in [5.74, 6) is 1.07. The van der Waals surface area contributed by atoms with Crippen molar-refractivity contribution in [3.05, 3.63) is 57.6 Å². The molecule has 0 aromatic heterocycles. The Labute approximate surface area is 132 Å². The van der Waals surface area contributed by atoms with Crippen LogP contribution in [0, 0.1) is 5.41 Å². The molecule has 0 atom stereocenters. The molecule has 0 fully saturated rings. The van der Waals surface area contributed by atoms with E-state index in [4.69, 9.17) is 43.8 Å². The fourth-order valence-electron chi connectivity index (χ4n) is 1.83. The van der Waals surface area contributed by atoms with Crippen LogP contribution in [0.3, 0.4) is 0 Å². The number of benzene rings is 2. The van der Waals surface area contributed by atoms with Gasteiger partial charge in [0.1, 0.15) is 23.9 Å². The number of methoxy groups -OCH3 is 1. The summed E-state index contributed by atoms with van der Waals surface area (Å²) in [6, 6.07) is 10.4. The lowest BCUT2D eigenvalue weighted by molar-refractivity contribution is 0.306. The zero-order valence-electron chi connectivity index (χ0n) is 11.3. The summed E-state index contributed by atoms with van der Waals surface area (Å²) in [7, 11) is 1.53. The monoisotopic (exact) mass is 324 g/mol. The van der Waals surface area contributed by atoms with E-state index in [-0.39, 0.29) is 5.84 Å². The molecule has 0 aliphatic heterocycles. The van der Waals surface area contributed by atoms with Crippen LogP contribution in [0.2, 0.25) is 10.0 Å². The second-order valence-electron chi connectivity index (χ2n) is 4.34. The largest absolute Gasteiger partial charge is 0.496 e. The highest BCUT2D eigenvalue weighted by molar-refractivity contribution is 6.34. The predicted octanol–water partition coefficient (Wildman–Crippen LogP) is 3.87. The topological polar surface area (TPSA) is 68.3 Å². The molecule has 0 saturated carbocycles. The third-order valence-corrected chi connectivity index (χ3v) is 3.23. The van der Waals surface area contributed by atoms with Crippen molar-refractivity contribution in [2.75, 3.05) is 7.11 Å². The van der Waals surface area contributed by atoms with Gasteiger partial charge in [0.05, 0.1) is 12.7 Å². The van der Waals surface area contributed by atoms with Gasteiger partial charge in [-0.05, 0) is 35.9 Å². The van der Waals surface area contributed by atoms with Gasteiger partial charge in [0, 0.05) is 10.0 Å². The van der Waals surface area contributed by atoms with Crippen molar-refractivity contribution in [3.63, 3.8) is 0 Å². The van der Waals surface area contributed by atoms with E-state index in [1.165, 1.54) is 7.11 Å². The lowest BCUT2D eigenvalue weighted by atomic mass is 10.1. The molecule has 6 heteroatoms. The van der Waals surface area contributed by atoms with Gasteiger partial charge in [-0.25, -0.2) is 0 Å². The third-order valence-electron chi connectivity index (χ3n) is 2.80. The standard InChI is InChI=1S/C15H14Cl2N2O2/c1-20-14-3-2-9(4-13(14)15(18)19)8-21-12-6-10(16)5-11(17)7-12/h2-7H,8H2,1H3,(H3,18,19). The molecule has 2 aromatic rings. The van der Waals surface area contributed by atoms with Crippen LogP contribution in [-0.4, -0.2) is 12.9 Å². The Hall–Kier alpha value is -1.91. The lowest BCUT2D eigenvalue weighted by Gasteiger charge is -2.11. The van der Waals surface area contributed by atoms with Crippen LogP contribution in [-0.2, 0) is 6.61 Å². The molecule has 4 nitrogen and oxygen atoms in total. The normalized spacial score (nSPS) is 10.2. The number of nitrogen functional groups attached to an aromatic ring is 1. The predicted molar refractivity (Wildman–Crippen MR) is 84.8 cm³/mol. The number of nitrogens with one attached hydrogen (secondary N) is 1. The average Bonchev–Trinajstić information content (AvgIpc) is 2.43. The summed E-state index contributed by atoms with van der Waals surface area (Å²) < 4.78 is 10.8. The Balaban J connectivity index is 2.16. The fourth-order valence-corrected chi connectivity index (χ4v) is 2.34. The number of rotatable bonds is 5. The van der Waals surface area contributed by atoms with Crippen molar-refractivity contribution in [1.82, 2.24) is 0 Å². The first-order chi connectivity index (χ1) is 9.99. The van der Waals surface area contributed by atoms with E-state index in [1.54, 1.807) is 30.3 Å². The Kier molecular flexibility index (Phi) is 4.94. The van der Waals surface area contributed by atoms with Gasteiger partial charge < -0.3 is 15.2 Å².